The van der Waals surface area contributed by atoms with E-state index in [9.17, 15) is 13.2 Å². The number of carbonyl (C=O) groups excluding carboxylic acids is 1. The zero-order valence-corrected chi connectivity index (χ0v) is 9.50. The van der Waals surface area contributed by atoms with Crippen LogP contribution in [0.25, 0.3) is 0 Å². The Balaban J connectivity index is 1.97. The number of hydrogen-bond donors (Lipinski definition) is 0. The molecule has 15 heavy (non-hydrogen) atoms. The minimum Gasteiger partial charge on any atom is -0.372 e. The maximum atomic E-state index is 11.6. The van der Waals surface area contributed by atoms with Crippen LogP contribution < -0.4 is 0 Å². The number of fused-ring (bicyclic) bond motifs is 2. The molecule has 0 aromatic carbocycles. The summed E-state index contributed by atoms with van der Waals surface area (Å²) in [6.07, 6.45) is 0.611. The lowest BCUT2D eigenvalue weighted by molar-refractivity contribution is -0.136. The number of nitrogens with zero attached hydrogens (tertiary/aromatic N) is 1. The average Bonchev–Trinajstić information content (AvgIpc) is 2.68. The fourth-order valence-electron chi connectivity index (χ4n) is 2.27. The van der Waals surface area contributed by atoms with Crippen molar-refractivity contribution in [1.29, 1.82) is 0 Å². The van der Waals surface area contributed by atoms with E-state index >= 15 is 0 Å². The van der Waals surface area contributed by atoms with Crippen LogP contribution in [0.2, 0.25) is 0 Å². The van der Waals surface area contributed by atoms with Crippen molar-refractivity contribution in [2.75, 3.05) is 25.5 Å². The normalized spacial score (nSPS) is 32.2. The summed E-state index contributed by atoms with van der Waals surface area (Å²) < 4.78 is 27.9. The van der Waals surface area contributed by atoms with E-state index in [1.807, 2.05) is 6.92 Å². The molecule has 2 rings (SSSR count). The van der Waals surface area contributed by atoms with Gasteiger partial charge in [0.2, 0.25) is 5.91 Å². The Morgan fingerprint density at radius 1 is 1.53 bits per heavy atom. The molecule has 2 bridgehead atoms. The molecular formula is C9H15NO4S. The van der Waals surface area contributed by atoms with Gasteiger partial charge in [-0.25, -0.2) is 8.42 Å². The van der Waals surface area contributed by atoms with Crippen molar-refractivity contribution >= 4 is 15.7 Å². The van der Waals surface area contributed by atoms with Crippen molar-refractivity contribution in [3.8, 4) is 0 Å². The summed E-state index contributed by atoms with van der Waals surface area (Å²) in [5.74, 6) is 0.0504. The highest BCUT2D eigenvalue weighted by molar-refractivity contribution is 7.92. The van der Waals surface area contributed by atoms with Gasteiger partial charge in [0.1, 0.15) is 6.61 Å². The van der Waals surface area contributed by atoms with Gasteiger partial charge in [-0.15, -0.1) is 0 Å². The maximum absolute atomic E-state index is 11.6. The molecule has 0 aliphatic carbocycles. The van der Waals surface area contributed by atoms with E-state index in [0.29, 0.717) is 19.6 Å². The third kappa shape index (κ3) is 1.88. The second-order valence-corrected chi connectivity index (χ2v) is 6.35. The molecule has 2 aliphatic heterocycles. The molecule has 2 aliphatic rings. The molecule has 0 radical (unpaired) electrons. The van der Waals surface area contributed by atoms with Gasteiger partial charge in [-0.1, -0.05) is 0 Å². The first-order valence-electron chi connectivity index (χ1n) is 5.13. The maximum Gasteiger partial charge on any atom is 0.248 e. The summed E-state index contributed by atoms with van der Waals surface area (Å²) in [4.78, 5) is 13.3. The van der Waals surface area contributed by atoms with E-state index < -0.39 is 9.84 Å². The van der Waals surface area contributed by atoms with Gasteiger partial charge in [0.15, 0.2) is 9.84 Å². The van der Waals surface area contributed by atoms with Crippen LogP contribution in [0.15, 0.2) is 0 Å². The first-order valence-corrected chi connectivity index (χ1v) is 6.85. The van der Waals surface area contributed by atoms with Gasteiger partial charge in [-0.2, -0.15) is 0 Å². The van der Waals surface area contributed by atoms with Gasteiger partial charge in [0.25, 0.3) is 0 Å². The number of likely N-dealkylation sites (tertiary alicyclic amines) is 1. The zero-order valence-electron chi connectivity index (χ0n) is 8.68. The van der Waals surface area contributed by atoms with E-state index in [-0.39, 0.29) is 29.6 Å². The Labute approximate surface area is 89.3 Å². The number of sulfone groups is 1. The lowest BCUT2D eigenvalue weighted by Gasteiger charge is -2.26. The smallest absolute Gasteiger partial charge is 0.248 e. The van der Waals surface area contributed by atoms with Gasteiger partial charge >= 0.3 is 0 Å². The van der Waals surface area contributed by atoms with E-state index in [4.69, 9.17) is 4.74 Å². The molecule has 86 valence electrons. The molecule has 6 heteroatoms. The number of hydrogen-bond acceptors (Lipinski definition) is 4. The first kappa shape index (κ1) is 10.9. The van der Waals surface area contributed by atoms with Gasteiger partial charge in [-0.05, 0) is 13.3 Å². The van der Waals surface area contributed by atoms with E-state index in [1.165, 1.54) is 0 Å². The molecule has 2 fully saturated rings. The highest BCUT2D eigenvalue weighted by Crippen LogP contribution is 2.32. The SMILES string of the molecule is CCOCC(=O)N1CC2CC1CS2(=O)=O. The summed E-state index contributed by atoms with van der Waals surface area (Å²) in [5.41, 5.74) is 0. The molecule has 2 heterocycles. The van der Waals surface area contributed by atoms with Crippen molar-refractivity contribution in [3.05, 3.63) is 0 Å². The number of ether oxygens (including phenoxy) is 1. The van der Waals surface area contributed by atoms with Crippen LogP contribution in [0.5, 0.6) is 0 Å². The summed E-state index contributed by atoms with van der Waals surface area (Å²) in [6, 6.07) is -0.104. The van der Waals surface area contributed by atoms with Gasteiger partial charge in [-0.3, -0.25) is 4.79 Å². The van der Waals surface area contributed by atoms with Crippen LogP contribution in [0.4, 0.5) is 0 Å². The van der Waals surface area contributed by atoms with Gasteiger partial charge in [0, 0.05) is 19.2 Å². The van der Waals surface area contributed by atoms with Crippen molar-refractivity contribution in [3.63, 3.8) is 0 Å². The van der Waals surface area contributed by atoms with Crippen molar-refractivity contribution in [1.82, 2.24) is 4.90 Å². The third-order valence-corrected chi connectivity index (χ3v) is 5.27. The molecule has 2 unspecified atom stereocenters. The predicted octanol–water partition coefficient (Wildman–Crippen LogP) is -0.579. The Bertz CT molecular complexity index is 364. The number of carbonyl (C=O) groups is 1. The zero-order chi connectivity index (χ0) is 11.1. The Morgan fingerprint density at radius 2 is 2.27 bits per heavy atom. The molecule has 5 nitrogen and oxygen atoms in total. The Hall–Kier alpha value is -0.620. The largest absolute Gasteiger partial charge is 0.372 e. The highest BCUT2D eigenvalue weighted by Gasteiger charge is 2.49. The first-order chi connectivity index (χ1) is 7.04. The summed E-state index contributed by atoms with van der Waals surface area (Å²) in [6.45, 7) is 2.76. The summed E-state index contributed by atoms with van der Waals surface area (Å²) >= 11 is 0. The molecule has 0 aromatic heterocycles. The minimum atomic E-state index is -2.91. The molecule has 0 saturated carbocycles. The molecule has 1 amide bonds. The molecule has 2 atom stereocenters. The lowest BCUT2D eigenvalue weighted by atomic mass is 10.2. The number of rotatable bonds is 3. The molecular weight excluding hydrogens is 218 g/mol. The van der Waals surface area contributed by atoms with Gasteiger partial charge < -0.3 is 9.64 Å². The van der Waals surface area contributed by atoms with Crippen LogP contribution in [-0.2, 0) is 19.4 Å². The van der Waals surface area contributed by atoms with Crippen molar-refractivity contribution < 1.29 is 17.9 Å². The second kappa shape index (κ2) is 3.75. The standard InChI is InChI=1S/C9H15NO4S/c1-2-14-5-9(11)10-4-8-3-7(10)6-15(8,12)13/h7-8H,2-6H2,1H3. The van der Waals surface area contributed by atoms with Crippen LogP contribution in [0.3, 0.4) is 0 Å². The Morgan fingerprint density at radius 3 is 2.73 bits per heavy atom. The fraction of sp³-hybridized carbons (Fsp3) is 0.889. The predicted molar refractivity (Wildman–Crippen MR) is 54.2 cm³/mol. The number of amides is 1. The third-order valence-electron chi connectivity index (χ3n) is 3.06. The molecule has 0 spiro atoms. The van der Waals surface area contributed by atoms with Crippen LogP contribution in [0, 0.1) is 0 Å². The van der Waals surface area contributed by atoms with Gasteiger partial charge in [0.05, 0.1) is 11.0 Å². The monoisotopic (exact) mass is 233 g/mol. The quantitative estimate of drug-likeness (QED) is 0.654. The summed E-state index contributed by atoms with van der Waals surface area (Å²) in [7, 11) is -2.91. The van der Waals surface area contributed by atoms with Crippen molar-refractivity contribution in [2.24, 2.45) is 0 Å². The van der Waals surface area contributed by atoms with Crippen LogP contribution in [-0.4, -0.2) is 56.0 Å². The Kier molecular flexibility index (Phi) is 2.72. The molecule has 0 aromatic rings. The summed E-state index contributed by atoms with van der Waals surface area (Å²) in [5, 5.41) is -0.326. The van der Waals surface area contributed by atoms with Crippen LogP contribution >= 0.6 is 0 Å². The van der Waals surface area contributed by atoms with Crippen LogP contribution in [0.1, 0.15) is 13.3 Å². The molecule has 0 N–H and O–H groups in total. The second-order valence-electron chi connectivity index (χ2n) is 4.02. The lowest BCUT2D eigenvalue weighted by Crippen LogP contribution is -2.45. The molecule has 2 saturated heterocycles. The topological polar surface area (TPSA) is 63.7 Å². The minimum absolute atomic E-state index is 0.0692. The fourth-order valence-corrected chi connectivity index (χ4v) is 4.30. The highest BCUT2D eigenvalue weighted by atomic mass is 32.2. The average molecular weight is 233 g/mol. The van der Waals surface area contributed by atoms with E-state index in [1.54, 1.807) is 4.90 Å². The van der Waals surface area contributed by atoms with E-state index in [0.717, 1.165) is 0 Å². The van der Waals surface area contributed by atoms with E-state index in [2.05, 4.69) is 0 Å². The van der Waals surface area contributed by atoms with Crippen molar-refractivity contribution in [2.45, 2.75) is 24.6 Å².